The molecular formula is C14H24BrN3O. The number of anilines is 1. The molecule has 108 valence electrons. The van der Waals surface area contributed by atoms with Gasteiger partial charge in [-0.05, 0) is 41.9 Å². The smallest absolute Gasteiger partial charge is 0.133 e. The van der Waals surface area contributed by atoms with Crippen LogP contribution in [0.15, 0.2) is 16.7 Å². The number of nitrogens with one attached hydrogen (secondary N) is 1. The summed E-state index contributed by atoms with van der Waals surface area (Å²) < 4.78 is 6.18. The molecule has 0 saturated heterocycles. The van der Waals surface area contributed by atoms with E-state index in [-0.39, 0.29) is 0 Å². The minimum atomic E-state index is 0.716. The molecule has 1 rings (SSSR count). The lowest BCUT2D eigenvalue weighted by atomic mass is 10.2. The first-order chi connectivity index (χ1) is 9.22. The second-order valence-corrected chi connectivity index (χ2v) is 5.30. The van der Waals surface area contributed by atoms with E-state index in [4.69, 9.17) is 4.74 Å². The van der Waals surface area contributed by atoms with Gasteiger partial charge in [-0.3, -0.25) is 0 Å². The molecule has 1 heterocycles. The number of likely N-dealkylation sites (N-methyl/N-ethyl adjacent to an activating group) is 1. The van der Waals surface area contributed by atoms with Crippen LogP contribution < -0.4 is 10.2 Å². The number of rotatable bonds is 9. The van der Waals surface area contributed by atoms with Crippen molar-refractivity contribution in [2.45, 2.75) is 26.8 Å². The van der Waals surface area contributed by atoms with Crippen LogP contribution in [0.5, 0.6) is 0 Å². The first kappa shape index (κ1) is 16.4. The molecule has 0 atom stereocenters. The molecule has 0 aliphatic carbocycles. The Hall–Kier alpha value is -0.650. The fraction of sp³-hybridized carbons (Fsp3) is 0.643. The molecule has 1 N–H and O–H groups in total. The molecule has 0 saturated carbocycles. The first-order valence-corrected chi connectivity index (χ1v) is 7.61. The Morgan fingerprint density at radius 1 is 1.42 bits per heavy atom. The molecule has 0 fully saturated rings. The molecule has 0 aromatic carbocycles. The van der Waals surface area contributed by atoms with E-state index in [0.717, 1.165) is 42.9 Å². The predicted octanol–water partition coefficient (Wildman–Crippen LogP) is 2.82. The number of halogens is 1. The number of hydrogen-bond donors (Lipinski definition) is 1. The summed E-state index contributed by atoms with van der Waals surface area (Å²) in [6, 6.07) is 2.14. The van der Waals surface area contributed by atoms with Crippen LogP contribution in [-0.2, 0) is 11.3 Å². The minimum Gasteiger partial charge on any atom is -0.383 e. The third kappa shape index (κ3) is 5.47. The summed E-state index contributed by atoms with van der Waals surface area (Å²) in [7, 11) is 1.73. The zero-order chi connectivity index (χ0) is 14.1. The van der Waals surface area contributed by atoms with Crippen LogP contribution in [0.1, 0.15) is 25.8 Å². The lowest BCUT2D eigenvalue weighted by Crippen LogP contribution is -2.29. The Bertz CT molecular complexity index is 374. The average molecular weight is 330 g/mol. The highest BCUT2D eigenvalue weighted by molar-refractivity contribution is 9.10. The Morgan fingerprint density at radius 3 is 2.84 bits per heavy atom. The number of ether oxygens (including phenoxy) is 1. The highest BCUT2D eigenvalue weighted by Crippen LogP contribution is 2.21. The minimum absolute atomic E-state index is 0.716. The SMILES string of the molecule is CCCNCc1cc(Br)cnc1N(CC)CCOC. The van der Waals surface area contributed by atoms with Crippen molar-refractivity contribution in [1.82, 2.24) is 10.3 Å². The van der Waals surface area contributed by atoms with E-state index in [9.17, 15) is 0 Å². The molecule has 0 unspecified atom stereocenters. The van der Waals surface area contributed by atoms with Crippen molar-refractivity contribution < 1.29 is 4.74 Å². The van der Waals surface area contributed by atoms with Crippen LogP contribution >= 0.6 is 15.9 Å². The molecule has 0 bridgehead atoms. The number of nitrogens with zero attached hydrogens (tertiary/aromatic N) is 2. The Labute approximate surface area is 124 Å². The maximum absolute atomic E-state index is 5.16. The lowest BCUT2D eigenvalue weighted by molar-refractivity contribution is 0.205. The highest BCUT2D eigenvalue weighted by atomic mass is 79.9. The first-order valence-electron chi connectivity index (χ1n) is 6.81. The molecule has 19 heavy (non-hydrogen) atoms. The summed E-state index contributed by atoms with van der Waals surface area (Å²) in [5.41, 5.74) is 1.22. The van der Waals surface area contributed by atoms with E-state index in [0.29, 0.717) is 6.61 Å². The van der Waals surface area contributed by atoms with Crippen molar-refractivity contribution >= 4 is 21.7 Å². The Morgan fingerprint density at radius 2 is 2.21 bits per heavy atom. The van der Waals surface area contributed by atoms with Crippen molar-refractivity contribution in [3.05, 3.63) is 22.3 Å². The van der Waals surface area contributed by atoms with Crippen molar-refractivity contribution in [2.24, 2.45) is 0 Å². The van der Waals surface area contributed by atoms with Crippen LogP contribution in [0.3, 0.4) is 0 Å². The van der Waals surface area contributed by atoms with Crippen molar-refractivity contribution in [2.75, 3.05) is 38.3 Å². The van der Waals surface area contributed by atoms with Crippen molar-refractivity contribution in [1.29, 1.82) is 0 Å². The van der Waals surface area contributed by atoms with Crippen molar-refractivity contribution in [3.8, 4) is 0 Å². The quantitative estimate of drug-likeness (QED) is 0.707. The number of hydrogen-bond acceptors (Lipinski definition) is 4. The van der Waals surface area contributed by atoms with Gasteiger partial charge in [-0.25, -0.2) is 4.98 Å². The van der Waals surface area contributed by atoms with Gasteiger partial charge in [0, 0.05) is 43.0 Å². The van der Waals surface area contributed by atoms with E-state index in [1.54, 1.807) is 7.11 Å². The van der Waals surface area contributed by atoms with Gasteiger partial charge in [-0.2, -0.15) is 0 Å². The van der Waals surface area contributed by atoms with Gasteiger partial charge in [0.05, 0.1) is 6.61 Å². The second kappa shape index (κ2) is 9.28. The van der Waals surface area contributed by atoms with E-state index in [1.165, 1.54) is 5.56 Å². The molecule has 0 spiro atoms. The van der Waals surface area contributed by atoms with Crippen LogP contribution in [0, 0.1) is 0 Å². The molecule has 0 radical (unpaired) electrons. The molecule has 4 nitrogen and oxygen atoms in total. The van der Waals surface area contributed by atoms with Gasteiger partial charge in [-0.1, -0.05) is 6.92 Å². The van der Waals surface area contributed by atoms with E-state index in [1.807, 2.05) is 6.20 Å². The third-order valence-corrected chi connectivity index (χ3v) is 3.33. The number of aromatic nitrogens is 1. The van der Waals surface area contributed by atoms with Crippen LogP contribution in [0.2, 0.25) is 0 Å². The number of pyridine rings is 1. The van der Waals surface area contributed by atoms with E-state index < -0.39 is 0 Å². The zero-order valence-electron chi connectivity index (χ0n) is 12.1. The van der Waals surface area contributed by atoms with Crippen molar-refractivity contribution in [3.63, 3.8) is 0 Å². The summed E-state index contributed by atoms with van der Waals surface area (Å²) in [5, 5.41) is 3.44. The van der Waals surface area contributed by atoms with Crippen LogP contribution in [0.25, 0.3) is 0 Å². The largest absolute Gasteiger partial charge is 0.383 e. The normalized spacial score (nSPS) is 10.7. The molecular weight excluding hydrogens is 306 g/mol. The van der Waals surface area contributed by atoms with Gasteiger partial charge in [0.2, 0.25) is 0 Å². The standard InChI is InChI=1S/C14H24BrN3O/c1-4-6-16-10-12-9-13(15)11-17-14(12)18(5-2)7-8-19-3/h9,11,16H,4-8,10H2,1-3H3. The van der Waals surface area contributed by atoms with Crippen LogP contribution in [-0.4, -0.2) is 38.3 Å². The molecule has 0 aliphatic heterocycles. The van der Waals surface area contributed by atoms with E-state index >= 15 is 0 Å². The molecule has 5 heteroatoms. The van der Waals surface area contributed by atoms with Gasteiger partial charge >= 0.3 is 0 Å². The monoisotopic (exact) mass is 329 g/mol. The summed E-state index contributed by atoms with van der Waals surface area (Å²) in [5.74, 6) is 1.05. The molecule has 0 aliphatic rings. The van der Waals surface area contributed by atoms with Gasteiger partial charge in [0.25, 0.3) is 0 Å². The van der Waals surface area contributed by atoms with Gasteiger partial charge in [0.1, 0.15) is 5.82 Å². The maximum atomic E-state index is 5.16. The van der Waals surface area contributed by atoms with E-state index in [2.05, 4.69) is 51.0 Å². The Kier molecular flexibility index (Phi) is 8.02. The Balaban J connectivity index is 2.83. The summed E-state index contributed by atoms with van der Waals surface area (Å²) in [6.07, 6.45) is 2.99. The summed E-state index contributed by atoms with van der Waals surface area (Å²) in [6.45, 7) is 8.69. The zero-order valence-corrected chi connectivity index (χ0v) is 13.7. The van der Waals surface area contributed by atoms with Gasteiger partial charge < -0.3 is 15.0 Å². The fourth-order valence-electron chi connectivity index (χ4n) is 1.90. The summed E-state index contributed by atoms with van der Waals surface area (Å²) in [4.78, 5) is 6.81. The average Bonchev–Trinajstić information content (AvgIpc) is 2.41. The predicted molar refractivity (Wildman–Crippen MR) is 83.7 cm³/mol. The molecule has 1 aromatic rings. The summed E-state index contributed by atoms with van der Waals surface area (Å²) >= 11 is 3.50. The fourth-order valence-corrected chi connectivity index (χ4v) is 2.28. The molecule has 0 amide bonds. The topological polar surface area (TPSA) is 37.4 Å². The maximum Gasteiger partial charge on any atom is 0.133 e. The second-order valence-electron chi connectivity index (χ2n) is 4.39. The number of methoxy groups -OCH3 is 1. The highest BCUT2D eigenvalue weighted by Gasteiger charge is 2.11. The van der Waals surface area contributed by atoms with Gasteiger partial charge in [0.15, 0.2) is 0 Å². The lowest BCUT2D eigenvalue weighted by Gasteiger charge is -2.24. The third-order valence-electron chi connectivity index (χ3n) is 2.90. The van der Waals surface area contributed by atoms with Gasteiger partial charge in [-0.15, -0.1) is 0 Å². The van der Waals surface area contributed by atoms with Crippen LogP contribution in [0.4, 0.5) is 5.82 Å². The molecule has 1 aromatic heterocycles.